The average Bonchev–Trinajstić information content (AvgIpc) is 3.09. The van der Waals surface area contributed by atoms with Gasteiger partial charge in [0, 0.05) is 23.8 Å². The lowest BCUT2D eigenvalue weighted by Crippen LogP contribution is -2.29. The van der Waals surface area contributed by atoms with Crippen molar-refractivity contribution in [3.8, 4) is 0 Å². The zero-order valence-corrected chi connectivity index (χ0v) is 11.1. The molecule has 1 fully saturated rings. The highest BCUT2D eigenvalue weighted by molar-refractivity contribution is 6.33. The van der Waals surface area contributed by atoms with E-state index in [4.69, 9.17) is 11.6 Å². The lowest BCUT2D eigenvalue weighted by Gasteiger charge is -2.27. The molecule has 1 aromatic rings. The number of halogens is 1. The van der Waals surface area contributed by atoms with Gasteiger partial charge in [0.25, 0.3) is 0 Å². The second kappa shape index (κ2) is 5.09. The normalized spacial score (nSPS) is 15.1. The van der Waals surface area contributed by atoms with Crippen LogP contribution in [0.2, 0.25) is 5.02 Å². The molecule has 1 saturated carbocycles. The van der Waals surface area contributed by atoms with Crippen molar-refractivity contribution >= 4 is 23.6 Å². The van der Waals surface area contributed by atoms with E-state index in [2.05, 4.69) is 18.7 Å². The highest BCUT2D eigenvalue weighted by atomic mass is 35.5. The Bertz CT molecular complexity index is 413. The van der Waals surface area contributed by atoms with E-state index in [1.54, 1.807) is 6.07 Å². The van der Waals surface area contributed by atoms with Gasteiger partial charge in [-0.05, 0) is 37.0 Å². The monoisotopic (exact) mass is 251 g/mol. The van der Waals surface area contributed by atoms with Crippen molar-refractivity contribution in [2.24, 2.45) is 5.92 Å². The molecule has 0 N–H and O–H groups in total. The minimum Gasteiger partial charge on any atom is -0.368 e. The van der Waals surface area contributed by atoms with Crippen LogP contribution in [0.1, 0.15) is 37.0 Å². The third-order valence-corrected chi connectivity index (χ3v) is 3.32. The largest absolute Gasteiger partial charge is 0.368 e. The summed E-state index contributed by atoms with van der Waals surface area (Å²) in [7, 11) is 0. The number of hydrogen-bond acceptors (Lipinski definition) is 2. The number of carbonyl (C=O) groups excluding carboxylic acids is 1. The molecular formula is C14H18ClNO. The Morgan fingerprint density at radius 1 is 1.47 bits per heavy atom. The van der Waals surface area contributed by atoms with Crippen molar-refractivity contribution < 1.29 is 4.79 Å². The Morgan fingerprint density at radius 2 is 2.18 bits per heavy atom. The van der Waals surface area contributed by atoms with Crippen LogP contribution in [-0.4, -0.2) is 18.9 Å². The minimum absolute atomic E-state index is 0.548. The fourth-order valence-electron chi connectivity index (χ4n) is 2.04. The first-order valence-corrected chi connectivity index (χ1v) is 6.51. The van der Waals surface area contributed by atoms with Crippen LogP contribution < -0.4 is 4.90 Å². The molecule has 17 heavy (non-hydrogen) atoms. The molecule has 0 aliphatic heterocycles. The molecule has 1 aliphatic carbocycles. The molecule has 0 unspecified atom stereocenters. The van der Waals surface area contributed by atoms with Crippen LogP contribution in [0.25, 0.3) is 0 Å². The summed E-state index contributed by atoms with van der Waals surface area (Å²) in [4.78, 5) is 13.1. The maximum Gasteiger partial charge on any atom is 0.151 e. The molecule has 2 rings (SSSR count). The number of hydrogen-bond donors (Lipinski definition) is 0. The Hall–Kier alpha value is -1.02. The topological polar surface area (TPSA) is 20.3 Å². The first-order chi connectivity index (χ1) is 8.11. The van der Waals surface area contributed by atoms with Crippen molar-refractivity contribution in [3.63, 3.8) is 0 Å². The van der Waals surface area contributed by atoms with Crippen LogP contribution in [0.5, 0.6) is 0 Å². The predicted molar refractivity (Wildman–Crippen MR) is 72.0 cm³/mol. The van der Waals surface area contributed by atoms with Crippen molar-refractivity contribution in [1.29, 1.82) is 0 Å². The molecule has 0 bridgehead atoms. The fourth-order valence-corrected chi connectivity index (χ4v) is 2.25. The van der Waals surface area contributed by atoms with Gasteiger partial charge < -0.3 is 4.90 Å². The molecule has 3 heteroatoms. The fraction of sp³-hybridized carbons (Fsp3) is 0.500. The van der Waals surface area contributed by atoms with Gasteiger partial charge in [-0.25, -0.2) is 0 Å². The summed E-state index contributed by atoms with van der Waals surface area (Å²) >= 11 is 6.08. The van der Waals surface area contributed by atoms with Crippen molar-refractivity contribution in [1.82, 2.24) is 0 Å². The van der Waals surface area contributed by atoms with Crippen LogP contribution >= 0.6 is 11.6 Å². The van der Waals surface area contributed by atoms with Crippen LogP contribution in [-0.2, 0) is 0 Å². The van der Waals surface area contributed by atoms with Gasteiger partial charge >= 0.3 is 0 Å². The molecule has 92 valence electrons. The number of benzene rings is 1. The van der Waals surface area contributed by atoms with Crippen molar-refractivity contribution in [2.45, 2.75) is 32.7 Å². The summed E-state index contributed by atoms with van der Waals surface area (Å²) in [5, 5.41) is 0.548. The van der Waals surface area contributed by atoms with Crippen LogP contribution in [0.3, 0.4) is 0 Å². The van der Waals surface area contributed by atoms with Crippen LogP contribution in [0, 0.1) is 5.92 Å². The highest BCUT2D eigenvalue weighted by Crippen LogP contribution is 2.34. The summed E-state index contributed by atoms with van der Waals surface area (Å²) in [6, 6.07) is 6.37. The Kier molecular flexibility index (Phi) is 3.72. The predicted octanol–water partition coefficient (Wildman–Crippen LogP) is 3.78. The van der Waals surface area contributed by atoms with Gasteiger partial charge in [-0.1, -0.05) is 25.4 Å². The van der Waals surface area contributed by atoms with E-state index in [0.717, 1.165) is 18.5 Å². The molecule has 0 aromatic heterocycles. The van der Waals surface area contributed by atoms with E-state index < -0.39 is 0 Å². The van der Waals surface area contributed by atoms with Gasteiger partial charge in [-0.3, -0.25) is 4.79 Å². The quantitative estimate of drug-likeness (QED) is 0.743. The summed E-state index contributed by atoms with van der Waals surface area (Å²) in [6.07, 6.45) is 3.33. The molecule has 0 heterocycles. The lowest BCUT2D eigenvalue weighted by atomic mass is 10.1. The van der Waals surface area contributed by atoms with E-state index in [0.29, 0.717) is 22.5 Å². The smallest absolute Gasteiger partial charge is 0.151 e. The summed E-state index contributed by atoms with van der Waals surface area (Å²) in [5.41, 5.74) is 1.70. The Morgan fingerprint density at radius 3 is 2.65 bits per heavy atom. The third-order valence-electron chi connectivity index (χ3n) is 2.99. The molecule has 0 saturated heterocycles. The molecule has 0 radical (unpaired) electrons. The first-order valence-electron chi connectivity index (χ1n) is 6.13. The number of rotatable bonds is 5. The van der Waals surface area contributed by atoms with E-state index >= 15 is 0 Å². The van der Waals surface area contributed by atoms with Gasteiger partial charge in [0.1, 0.15) is 0 Å². The van der Waals surface area contributed by atoms with Gasteiger partial charge in [0.05, 0.1) is 5.02 Å². The maximum absolute atomic E-state index is 10.7. The zero-order chi connectivity index (χ0) is 12.4. The number of anilines is 1. The van der Waals surface area contributed by atoms with Gasteiger partial charge in [-0.2, -0.15) is 0 Å². The van der Waals surface area contributed by atoms with Gasteiger partial charge in [0.15, 0.2) is 6.29 Å². The number of aldehydes is 1. The second-order valence-electron chi connectivity index (χ2n) is 5.10. The van der Waals surface area contributed by atoms with Crippen molar-refractivity contribution in [3.05, 3.63) is 28.8 Å². The molecule has 0 atom stereocenters. The summed E-state index contributed by atoms with van der Waals surface area (Å²) < 4.78 is 0. The number of nitrogens with zero attached hydrogens (tertiary/aromatic N) is 1. The molecule has 0 amide bonds. The summed E-state index contributed by atoms with van der Waals surface area (Å²) in [6.45, 7) is 5.48. The van der Waals surface area contributed by atoms with Crippen LogP contribution in [0.4, 0.5) is 5.69 Å². The Labute approximate surface area is 108 Å². The SMILES string of the molecule is CC(C)CN(c1ccc(C=O)c(Cl)c1)C1CC1. The number of carbonyl (C=O) groups is 1. The van der Waals surface area contributed by atoms with E-state index in [1.807, 2.05) is 12.1 Å². The lowest BCUT2D eigenvalue weighted by molar-refractivity contribution is 0.112. The molecule has 2 nitrogen and oxygen atoms in total. The summed E-state index contributed by atoms with van der Waals surface area (Å²) in [5.74, 6) is 0.625. The first kappa shape index (κ1) is 12.4. The standard InChI is InChI=1S/C14H18ClNO/c1-10(2)8-16(12-5-6-12)13-4-3-11(9-17)14(15)7-13/h3-4,7,9-10,12H,5-6,8H2,1-2H3. The highest BCUT2D eigenvalue weighted by Gasteiger charge is 2.29. The molecule has 0 spiro atoms. The second-order valence-corrected chi connectivity index (χ2v) is 5.51. The minimum atomic E-state index is 0.548. The van der Waals surface area contributed by atoms with Crippen molar-refractivity contribution in [2.75, 3.05) is 11.4 Å². The maximum atomic E-state index is 10.7. The average molecular weight is 252 g/mol. The van der Waals surface area contributed by atoms with E-state index in [9.17, 15) is 4.79 Å². The Balaban J connectivity index is 2.23. The van der Waals surface area contributed by atoms with Gasteiger partial charge in [-0.15, -0.1) is 0 Å². The zero-order valence-electron chi connectivity index (χ0n) is 10.3. The van der Waals surface area contributed by atoms with Gasteiger partial charge in [0.2, 0.25) is 0 Å². The van der Waals surface area contributed by atoms with Crippen LogP contribution in [0.15, 0.2) is 18.2 Å². The van der Waals surface area contributed by atoms with E-state index in [-0.39, 0.29) is 0 Å². The molecule has 1 aromatic carbocycles. The third kappa shape index (κ3) is 3.01. The molecular weight excluding hydrogens is 234 g/mol. The molecule has 1 aliphatic rings. The van der Waals surface area contributed by atoms with E-state index in [1.165, 1.54) is 12.8 Å².